The van der Waals surface area contributed by atoms with E-state index in [1.54, 1.807) is 0 Å². The Labute approximate surface area is 121 Å². The highest BCUT2D eigenvalue weighted by Gasteiger charge is 2.34. The molecule has 2 rings (SSSR count). The zero-order valence-corrected chi connectivity index (χ0v) is 11.6. The third kappa shape index (κ3) is 3.54. The minimum absolute atomic E-state index is 0.0849. The van der Waals surface area contributed by atoms with Gasteiger partial charge in [0, 0.05) is 12.6 Å². The molecule has 1 heterocycles. The van der Waals surface area contributed by atoms with Crippen molar-refractivity contribution >= 4 is 17.7 Å². The van der Waals surface area contributed by atoms with Gasteiger partial charge in [-0.15, -0.1) is 0 Å². The fraction of sp³-hybridized carbons (Fsp3) is 0.250. The van der Waals surface area contributed by atoms with Crippen molar-refractivity contribution in [2.24, 2.45) is 7.05 Å². The van der Waals surface area contributed by atoms with Gasteiger partial charge in [0.15, 0.2) is 11.0 Å². The van der Waals surface area contributed by atoms with E-state index in [4.69, 9.17) is 5.11 Å². The largest absolute Gasteiger partial charge is 0.481 e. The van der Waals surface area contributed by atoms with Crippen molar-refractivity contribution in [1.82, 2.24) is 14.8 Å². The number of carbonyl (C=O) groups is 1. The van der Waals surface area contributed by atoms with Crippen LogP contribution in [0.3, 0.4) is 0 Å². The minimum atomic E-state index is -4.51. The maximum Gasteiger partial charge on any atom is 0.417 e. The van der Waals surface area contributed by atoms with E-state index in [1.807, 2.05) is 0 Å². The summed E-state index contributed by atoms with van der Waals surface area (Å²) in [6.07, 6.45) is -4.51. The Morgan fingerprint density at radius 3 is 2.67 bits per heavy atom. The smallest absolute Gasteiger partial charge is 0.417 e. The van der Waals surface area contributed by atoms with Crippen LogP contribution in [-0.4, -0.2) is 31.6 Å². The molecule has 1 aromatic carbocycles. The maximum atomic E-state index is 12.9. The van der Waals surface area contributed by atoms with Gasteiger partial charge in [-0.1, -0.05) is 30.0 Å². The highest BCUT2D eigenvalue weighted by molar-refractivity contribution is 7.99. The lowest BCUT2D eigenvalue weighted by molar-refractivity contribution is -0.137. The monoisotopic (exact) mass is 317 g/mol. The summed E-state index contributed by atoms with van der Waals surface area (Å²) < 4.78 is 40.1. The normalized spacial score (nSPS) is 11.6. The SMILES string of the molecule is Cn1nc(-c2ccccc2C(F)(F)F)nc1SCC(=O)O. The van der Waals surface area contributed by atoms with Crippen LogP contribution in [0.4, 0.5) is 13.2 Å². The van der Waals surface area contributed by atoms with Gasteiger partial charge in [-0.3, -0.25) is 4.79 Å². The molecule has 0 aliphatic rings. The molecule has 0 aliphatic carbocycles. The van der Waals surface area contributed by atoms with Crippen LogP contribution in [0.25, 0.3) is 11.4 Å². The topological polar surface area (TPSA) is 68.0 Å². The van der Waals surface area contributed by atoms with Crippen molar-refractivity contribution in [1.29, 1.82) is 0 Å². The molecular formula is C12H10F3N3O2S. The second-order valence-electron chi connectivity index (χ2n) is 4.07. The van der Waals surface area contributed by atoms with Crippen molar-refractivity contribution < 1.29 is 23.1 Å². The van der Waals surface area contributed by atoms with Crippen molar-refractivity contribution in [2.75, 3.05) is 5.75 Å². The molecule has 9 heteroatoms. The molecule has 1 aromatic heterocycles. The number of rotatable bonds is 4. The second kappa shape index (κ2) is 5.76. The number of hydrogen-bond donors (Lipinski definition) is 1. The van der Waals surface area contributed by atoms with E-state index in [0.29, 0.717) is 0 Å². The molecule has 0 radical (unpaired) electrons. The van der Waals surface area contributed by atoms with Crippen LogP contribution in [-0.2, 0) is 18.0 Å². The first-order chi connectivity index (χ1) is 9.79. The first-order valence-electron chi connectivity index (χ1n) is 5.71. The van der Waals surface area contributed by atoms with Crippen LogP contribution in [0.5, 0.6) is 0 Å². The van der Waals surface area contributed by atoms with Gasteiger partial charge in [0.2, 0.25) is 0 Å². The third-order valence-electron chi connectivity index (χ3n) is 2.52. The Balaban J connectivity index is 2.40. The maximum absolute atomic E-state index is 12.9. The summed E-state index contributed by atoms with van der Waals surface area (Å²) in [7, 11) is 1.50. The molecule has 0 fully saturated rings. The average Bonchev–Trinajstić information content (AvgIpc) is 2.77. The van der Waals surface area contributed by atoms with Crippen LogP contribution >= 0.6 is 11.8 Å². The van der Waals surface area contributed by atoms with E-state index in [2.05, 4.69) is 10.1 Å². The Bertz CT molecular complexity index is 670. The second-order valence-corrected chi connectivity index (χ2v) is 5.01. The van der Waals surface area contributed by atoms with Gasteiger partial charge in [-0.05, 0) is 6.07 Å². The van der Waals surface area contributed by atoms with E-state index >= 15 is 0 Å². The number of aryl methyl sites for hydroxylation is 1. The molecule has 0 amide bonds. The molecule has 0 spiro atoms. The number of thioether (sulfide) groups is 1. The number of nitrogens with zero attached hydrogens (tertiary/aromatic N) is 3. The molecular weight excluding hydrogens is 307 g/mol. The molecule has 0 bridgehead atoms. The summed E-state index contributed by atoms with van der Waals surface area (Å²) in [5.41, 5.74) is -0.965. The Kier molecular flexibility index (Phi) is 4.21. The van der Waals surface area contributed by atoms with E-state index in [-0.39, 0.29) is 22.3 Å². The molecule has 2 aromatic rings. The summed E-state index contributed by atoms with van der Waals surface area (Å²) in [5, 5.41) is 12.8. The summed E-state index contributed by atoms with van der Waals surface area (Å²) in [6, 6.07) is 4.99. The number of carboxylic acid groups (broad SMARTS) is 1. The summed E-state index contributed by atoms with van der Waals surface area (Å²) in [5.74, 6) is -1.37. The van der Waals surface area contributed by atoms with Crippen LogP contribution < -0.4 is 0 Å². The zero-order valence-electron chi connectivity index (χ0n) is 10.8. The standard InChI is InChI=1S/C12H10F3N3O2S/c1-18-11(21-6-9(19)20)16-10(17-18)7-4-2-3-5-8(7)12(13,14)15/h2-5H,6H2,1H3,(H,19,20). The van der Waals surface area contributed by atoms with E-state index in [9.17, 15) is 18.0 Å². The lowest BCUT2D eigenvalue weighted by Gasteiger charge is -2.09. The fourth-order valence-electron chi connectivity index (χ4n) is 1.66. The molecule has 1 N–H and O–H groups in total. The number of aliphatic carboxylic acids is 1. The average molecular weight is 317 g/mol. The van der Waals surface area contributed by atoms with Crippen LogP contribution in [0, 0.1) is 0 Å². The van der Waals surface area contributed by atoms with Gasteiger partial charge in [0.05, 0.1) is 11.3 Å². The lowest BCUT2D eigenvalue weighted by Crippen LogP contribution is -2.07. The number of hydrogen-bond acceptors (Lipinski definition) is 4. The third-order valence-corrected chi connectivity index (χ3v) is 3.53. The number of alkyl halides is 3. The van der Waals surface area contributed by atoms with Crippen molar-refractivity contribution in [3.63, 3.8) is 0 Å². The number of halogens is 3. The predicted molar refractivity (Wildman–Crippen MR) is 69.8 cm³/mol. The quantitative estimate of drug-likeness (QED) is 0.878. The summed E-state index contributed by atoms with van der Waals surface area (Å²) >= 11 is 0.893. The van der Waals surface area contributed by atoms with Crippen LogP contribution in [0.2, 0.25) is 0 Å². The molecule has 112 valence electrons. The van der Waals surface area contributed by atoms with E-state index in [1.165, 1.54) is 29.9 Å². The van der Waals surface area contributed by atoms with Crippen molar-refractivity contribution in [3.05, 3.63) is 29.8 Å². The highest BCUT2D eigenvalue weighted by atomic mass is 32.2. The molecule has 0 atom stereocenters. The molecule has 0 unspecified atom stereocenters. The van der Waals surface area contributed by atoms with Gasteiger partial charge < -0.3 is 5.11 Å². The van der Waals surface area contributed by atoms with Crippen molar-refractivity contribution in [2.45, 2.75) is 11.3 Å². The summed E-state index contributed by atoms with van der Waals surface area (Å²) in [4.78, 5) is 14.5. The fourth-order valence-corrected chi connectivity index (χ4v) is 2.29. The van der Waals surface area contributed by atoms with E-state index < -0.39 is 17.7 Å². The van der Waals surface area contributed by atoms with Gasteiger partial charge >= 0.3 is 12.1 Å². The first-order valence-corrected chi connectivity index (χ1v) is 6.70. The van der Waals surface area contributed by atoms with Gasteiger partial charge in [-0.2, -0.15) is 18.3 Å². The molecule has 0 saturated heterocycles. The number of carboxylic acids is 1. The first kappa shape index (κ1) is 15.4. The summed E-state index contributed by atoms with van der Waals surface area (Å²) in [6.45, 7) is 0. The Morgan fingerprint density at radius 2 is 2.05 bits per heavy atom. The lowest BCUT2D eigenvalue weighted by atomic mass is 10.1. The predicted octanol–water partition coefficient (Wildman–Crippen LogP) is 2.68. The van der Waals surface area contributed by atoms with Gasteiger partial charge in [0.1, 0.15) is 0 Å². The Morgan fingerprint density at radius 1 is 1.38 bits per heavy atom. The van der Waals surface area contributed by atoms with Gasteiger partial charge in [-0.25, -0.2) is 9.67 Å². The van der Waals surface area contributed by atoms with Crippen LogP contribution in [0.1, 0.15) is 5.56 Å². The number of aromatic nitrogens is 3. The molecule has 21 heavy (non-hydrogen) atoms. The van der Waals surface area contributed by atoms with Crippen molar-refractivity contribution in [3.8, 4) is 11.4 Å². The highest BCUT2D eigenvalue weighted by Crippen LogP contribution is 2.36. The Hall–Kier alpha value is -2.03. The minimum Gasteiger partial charge on any atom is -0.481 e. The molecule has 5 nitrogen and oxygen atoms in total. The number of benzene rings is 1. The van der Waals surface area contributed by atoms with E-state index in [0.717, 1.165) is 17.8 Å². The molecule has 0 saturated carbocycles. The van der Waals surface area contributed by atoms with Gasteiger partial charge in [0.25, 0.3) is 0 Å². The van der Waals surface area contributed by atoms with Crippen LogP contribution in [0.15, 0.2) is 29.4 Å². The zero-order chi connectivity index (χ0) is 15.6. The molecule has 0 aliphatic heterocycles.